The molecule has 1 aliphatic carbocycles. The number of fused-ring (bicyclic) bond motifs is 2. The van der Waals surface area contributed by atoms with E-state index in [0.717, 1.165) is 31.4 Å². The van der Waals surface area contributed by atoms with E-state index >= 15 is 0 Å². The number of hydrogen-bond acceptors (Lipinski definition) is 3. The Labute approximate surface area is 185 Å². The Morgan fingerprint density at radius 1 is 0.935 bits per heavy atom. The molecule has 0 unspecified atom stereocenters. The van der Waals surface area contributed by atoms with Crippen LogP contribution in [-0.4, -0.2) is 38.3 Å². The second kappa shape index (κ2) is 7.75. The SMILES string of the molecule is Cc1ccc2c(c1)C1(CCCCC1)CN2C(=O)c1cccc(S(=O)(=O)N2CCCC2)c1. The Balaban J connectivity index is 1.50. The maximum absolute atomic E-state index is 13.6. The summed E-state index contributed by atoms with van der Waals surface area (Å²) >= 11 is 0. The molecule has 6 heteroatoms. The molecule has 164 valence electrons. The Kier molecular flexibility index (Phi) is 5.18. The van der Waals surface area contributed by atoms with Crippen LogP contribution in [0.3, 0.4) is 0 Å². The molecular weight excluding hydrogens is 408 g/mol. The quantitative estimate of drug-likeness (QED) is 0.701. The minimum Gasteiger partial charge on any atom is -0.307 e. The monoisotopic (exact) mass is 438 g/mol. The van der Waals surface area contributed by atoms with Gasteiger partial charge in [0.2, 0.25) is 10.0 Å². The second-order valence-corrected chi connectivity index (χ2v) is 11.3. The molecule has 0 atom stereocenters. The molecule has 1 saturated carbocycles. The molecule has 2 heterocycles. The number of rotatable bonds is 3. The van der Waals surface area contributed by atoms with Crippen LogP contribution in [0.4, 0.5) is 5.69 Å². The fourth-order valence-corrected chi connectivity index (χ4v) is 7.21. The Morgan fingerprint density at radius 2 is 1.68 bits per heavy atom. The van der Waals surface area contributed by atoms with Crippen LogP contribution >= 0.6 is 0 Å². The van der Waals surface area contributed by atoms with Gasteiger partial charge in [0.1, 0.15) is 0 Å². The first-order valence-corrected chi connectivity index (χ1v) is 12.9. The average Bonchev–Trinajstić information content (AvgIpc) is 3.42. The summed E-state index contributed by atoms with van der Waals surface area (Å²) in [6.07, 6.45) is 7.65. The molecule has 2 aromatic rings. The summed E-state index contributed by atoms with van der Waals surface area (Å²) in [5.41, 5.74) is 3.98. The molecule has 1 saturated heterocycles. The lowest BCUT2D eigenvalue weighted by molar-refractivity contribution is 0.0982. The van der Waals surface area contributed by atoms with Crippen LogP contribution in [0.25, 0.3) is 0 Å². The van der Waals surface area contributed by atoms with E-state index in [1.165, 1.54) is 34.7 Å². The Morgan fingerprint density at radius 3 is 2.42 bits per heavy atom. The van der Waals surface area contributed by atoms with Crippen molar-refractivity contribution in [3.63, 3.8) is 0 Å². The van der Waals surface area contributed by atoms with Gasteiger partial charge in [0.25, 0.3) is 5.91 Å². The predicted octanol–water partition coefficient (Wildman–Crippen LogP) is 4.64. The lowest BCUT2D eigenvalue weighted by Gasteiger charge is -2.34. The van der Waals surface area contributed by atoms with Crippen molar-refractivity contribution in [2.75, 3.05) is 24.5 Å². The Hall–Kier alpha value is -2.18. The van der Waals surface area contributed by atoms with E-state index < -0.39 is 10.0 Å². The maximum atomic E-state index is 13.6. The van der Waals surface area contributed by atoms with Crippen molar-refractivity contribution in [2.45, 2.75) is 62.2 Å². The van der Waals surface area contributed by atoms with Gasteiger partial charge in [-0.05, 0) is 62.4 Å². The largest absolute Gasteiger partial charge is 0.307 e. The fourth-order valence-electron chi connectivity index (χ4n) is 5.64. The first-order chi connectivity index (χ1) is 14.9. The van der Waals surface area contributed by atoms with E-state index in [9.17, 15) is 13.2 Å². The Bertz CT molecular complexity index is 1110. The zero-order chi connectivity index (χ0) is 21.6. The average molecular weight is 439 g/mol. The molecule has 3 aliphatic rings. The first-order valence-electron chi connectivity index (χ1n) is 11.4. The molecule has 5 nitrogen and oxygen atoms in total. The minimum atomic E-state index is -3.55. The van der Waals surface area contributed by atoms with E-state index in [4.69, 9.17) is 0 Å². The molecule has 2 aromatic carbocycles. The number of nitrogens with zero attached hydrogens (tertiary/aromatic N) is 2. The van der Waals surface area contributed by atoms with Gasteiger partial charge in [-0.2, -0.15) is 4.31 Å². The molecule has 0 bridgehead atoms. The molecule has 0 N–H and O–H groups in total. The van der Waals surface area contributed by atoms with Crippen LogP contribution in [0.5, 0.6) is 0 Å². The van der Waals surface area contributed by atoms with E-state index in [1.807, 2.05) is 4.90 Å². The summed E-state index contributed by atoms with van der Waals surface area (Å²) in [5, 5.41) is 0. The van der Waals surface area contributed by atoms with E-state index in [-0.39, 0.29) is 16.2 Å². The van der Waals surface area contributed by atoms with Crippen molar-refractivity contribution >= 4 is 21.6 Å². The summed E-state index contributed by atoms with van der Waals surface area (Å²) < 4.78 is 27.5. The highest BCUT2D eigenvalue weighted by Gasteiger charge is 2.45. The number of carbonyl (C=O) groups is 1. The summed E-state index contributed by atoms with van der Waals surface area (Å²) in [6.45, 7) is 3.91. The molecule has 1 amide bonds. The first kappa shape index (κ1) is 20.7. The minimum absolute atomic E-state index is 0.0362. The number of benzene rings is 2. The van der Waals surface area contributed by atoms with E-state index in [0.29, 0.717) is 25.2 Å². The molecule has 1 spiro atoms. The van der Waals surface area contributed by atoms with Gasteiger partial charge in [0, 0.05) is 36.3 Å². The third-order valence-corrected chi connectivity index (χ3v) is 9.21. The fraction of sp³-hybridized carbons (Fsp3) is 0.480. The molecule has 0 aromatic heterocycles. The molecule has 5 rings (SSSR count). The number of sulfonamides is 1. The van der Waals surface area contributed by atoms with Gasteiger partial charge in [-0.1, -0.05) is 43.0 Å². The van der Waals surface area contributed by atoms with Crippen LogP contribution in [-0.2, 0) is 15.4 Å². The van der Waals surface area contributed by atoms with Crippen LogP contribution < -0.4 is 4.90 Å². The zero-order valence-electron chi connectivity index (χ0n) is 18.1. The van der Waals surface area contributed by atoms with Crippen LogP contribution in [0.2, 0.25) is 0 Å². The highest BCUT2D eigenvalue weighted by atomic mass is 32.2. The van der Waals surface area contributed by atoms with Crippen LogP contribution in [0, 0.1) is 6.92 Å². The normalized spacial score (nSPS) is 20.9. The summed E-state index contributed by atoms with van der Waals surface area (Å²) in [5.74, 6) is -0.106. The highest BCUT2D eigenvalue weighted by Crippen LogP contribution is 2.49. The van der Waals surface area contributed by atoms with Crippen LogP contribution in [0.15, 0.2) is 47.4 Å². The van der Waals surface area contributed by atoms with Crippen molar-refractivity contribution in [3.05, 3.63) is 59.2 Å². The van der Waals surface area contributed by atoms with Gasteiger partial charge < -0.3 is 4.90 Å². The third-order valence-electron chi connectivity index (χ3n) is 7.31. The van der Waals surface area contributed by atoms with E-state index in [1.54, 1.807) is 24.3 Å². The number of aryl methyl sites for hydroxylation is 1. The zero-order valence-corrected chi connectivity index (χ0v) is 19.0. The molecule has 2 aliphatic heterocycles. The van der Waals surface area contributed by atoms with Gasteiger partial charge in [0.15, 0.2) is 0 Å². The smallest absolute Gasteiger partial charge is 0.258 e. The third kappa shape index (κ3) is 3.50. The van der Waals surface area contributed by atoms with Gasteiger partial charge in [-0.3, -0.25) is 4.79 Å². The van der Waals surface area contributed by atoms with Crippen molar-refractivity contribution in [1.29, 1.82) is 0 Å². The summed E-state index contributed by atoms with van der Waals surface area (Å²) in [7, 11) is -3.55. The molecule has 0 radical (unpaired) electrons. The van der Waals surface area contributed by atoms with Crippen molar-refractivity contribution in [3.8, 4) is 0 Å². The number of amides is 1. The molecular formula is C25H30N2O3S. The van der Waals surface area contributed by atoms with Gasteiger partial charge in [0.05, 0.1) is 4.90 Å². The van der Waals surface area contributed by atoms with Crippen molar-refractivity contribution in [1.82, 2.24) is 4.31 Å². The number of hydrogen-bond donors (Lipinski definition) is 0. The number of carbonyl (C=O) groups excluding carboxylic acids is 1. The van der Waals surface area contributed by atoms with Gasteiger partial charge in [-0.15, -0.1) is 0 Å². The molecule has 31 heavy (non-hydrogen) atoms. The summed E-state index contributed by atoms with van der Waals surface area (Å²) in [4.78, 5) is 15.7. The highest BCUT2D eigenvalue weighted by molar-refractivity contribution is 7.89. The standard InChI is InChI=1S/C25H30N2O3S/c1-19-10-11-23-22(16-19)25(12-3-2-4-13-25)18-27(23)24(28)20-8-7-9-21(17-20)31(29,30)26-14-5-6-15-26/h7-11,16-17H,2-6,12-15,18H2,1H3. The second-order valence-electron chi connectivity index (χ2n) is 9.39. The lowest BCUT2D eigenvalue weighted by atomic mass is 9.70. The lowest BCUT2D eigenvalue weighted by Crippen LogP contribution is -2.38. The summed E-state index contributed by atoms with van der Waals surface area (Å²) in [6, 6.07) is 13.0. The van der Waals surface area contributed by atoms with Crippen LogP contribution in [0.1, 0.15) is 66.4 Å². The van der Waals surface area contributed by atoms with Crippen molar-refractivity contribution < 1.29 is 13.2 Å². The van der Waals surface area contributed by atoms with E-state index in [2.05, 4.69) is 25.1 Å². The van der Waals surface area contributed by atoms with Crippen molar-refractivity contribution in [2.24, 2.45) is 0 Å². The number of anilines is 1. The van der Waals surface area contributed by atoms with Gasteiger partial charge >= 0.3 is 0 Å². The predicted molar refractivity (Wildman–Crippen MR) is 122 cm³/mol. The maximum Gasteiger partial charge on any atom is 0.258 e. The molecule has 2 fully saturated rings. The topological polar surface area (TPSA) is 57.7 Å². The van der Waals surface area contributed by atoms with Gasteiger partial charge in [-0.25, -0.2) is 8.42 Å².